The molecule has 2 aliphatic rings. The van der Waals surface area contributed by atoms with Gasteiger partial charge in [-0.3, -0.25) is 14.7 Å². The smallest absolute Gasteiger partial charge is 0.166 e. The van der Waals surface area contributed by atoms with E-state index in [2.05, 4.69) is 40.2 Å². The molecule has 0 N–H and O–H groups in total. The van der Waals surface area contributed by atoms with Crippen LogP contribution in [0.1, 0.15) is 59.4 Å². The molecule has 3 nitrogen and oxygen atoms in total. The van der Waals surface area contributed by atoms with Crippen LogP contribution in [0.25, 0.3) is 0 Å². The Morgan fingerprint density at radius 2 is 1.65 bits per heavy atom. The van der Waals surface area contributed by atoms with Crippen molar-refractivity contribution >= 4 is 5.78 Å². The average molecular weight is 348 g/mol. The average Bonchev–Trinajstić information content (AvgIpc) is 2.61. The van der Waals surface area contributed by atoms with Crippen molar-refractivity contribution in [3.63, 3.8) is 0 Å². The molecule has 1 aromatic carbocycles. The highest BCUT2D eigenvalue weighted by atomic mass is 16.1. The van der Waals surface area contributed by atoms with Crippen LogP contribution in [0.4, 0.5) is 0 Å². The first kappa shape index (κ1) is 17.4. The lowest BCUT2D eigenvalue weighted by Gasteiger charge is -2.48. The summed E-state index contributed by atoms with van der Waals surface area (Å²) in [5.74, 6) is 0.494. The third-order valence-electron chi connectivity index (χ3n) is 6.07. The number of pyridine rings is 1. The minimum Gasteiger partial charge on any atom is -0.294 e. The Balaban J connectivity index is 1.51. The van der Waals surface area contributed by atoms with Crippen LogP contribution in [0, 0.1) is 19.8 Å². The van der Waals surface area contributed by atoms with Gasteiger partial charge in [0.25, 0.3) is 0 Å². The van der Waals surface area contributed by atoms with Gasteiger partial charge in [0.2, 0.25) is 0 Å². The Labute approximate surface area is 156 Å². The number of hydrogen-bond acceptors (Lipinski definition) is 3. The standard InChI is InChI=1S/C23H28N2O/c1-16-11-19(12-17(2)24-16)23(26)20-13-21-9-6-10-22(14-20)25(21)15-18-7-4-3-5-8-18/h3-5,7-8,11-12,20-22H,6,9-10,13-15H2,1-2H3. The SMILES string of the molecule is Cc1cc(C(=O)C2CC3CCCC(C2)N3Cc2ccccc2)cc(C)n1. The van der Waals surface area contributed by atoms with Gasteiger partial charge in [-0.25, -0.2) is 0 Å². The monoisotopic (exact) mass is 348 g/mol. The van der Waals surface area contributed by atoms with Gasteiger partial charge in [-0.1, -0.05) is 36.8 Å². The lowest BCUT2D eigenvalue weighted by Crippen LogP contribution is -2.52. The molecular formula is C23H28N2O. The molecule has 0 spiro atoms. The minimum atomic E-state index is 0.165. The number of ketones is 1. The second kappa shape index (κ2) is 7.32. The fraction of sp³-hybridized carbons (Fsp3) is 0.478. The molecule has 0 amide bonds. The summed E-state index contributed by atoms with van der Waals surface area (Å²) in [6, 6.07) is 15.8. The predicted molar refractivity (Wildman–Crippen MR) is 104 cm³/mol. The van der Waals surface area contributed by atoms with E-state index in [4.69, 9.17) is 0 Å². The molecule has 0 saturated carbocycles. The van der Waals surface area contributed by atoms with E-state index in [0.29, 0.717) is 17.9 Å². The lowest BCUT2D eigenvalue weighted by atomic mass is 9.75. The largest absolute Gasteiger partial charge is 0.294 e. The Hall–Kier alpha value is -2.00. The number of nitrogens with zero attached hydrogens (tertiary/aromatic N) is 2. The minimum absolute atomic E-state index is 0.165. The van der Waals surface area contributed by atoms with E-state index in [1.54, 1.807) is 0 Å². The zero-order chi connectivity index (χ0) is 18.1. The summed E-state index contributed by atoms with van der Waals surface area (Å²) >= 11 is 0. The van der Waals surface area contributed by atoms with Crippen molar-refractivity contribution in [1.29, 1.82) is 0 Å². The number of aryl methyl sites for hydroxylation is 2. The van der Waals surface area contributed by atoms with Crippen LogP contribution in [0.3, 0.4) is 0 Å². The van der Waals surface area contributed by atoms with Crippen LogP contribution < -0.4 is 0 Å². The molecule has 2 aromatic rings. The summed E-state index contributed by atoms with van der Waals surface area (Å²) in [7, 11) is 0. The van der Waals surface area contributed by atoms with Crippen LogP contribution >= 0.6 is 0 Å². The normalized spacial score (nSPS) is 25.8. The summed E-state index contributed by atoms with van der Waals surface area (Å²) in [5.41, 5.74) is 4.12. The van der Waals surface area contributed by atoms with Crippen LogP contribution in [-0.2, 0) is 6.54 Å². The molecule has 2 fully saturated rings. The van der Waals surface area contributed by atoms with Gasteiger partial charge in [-0.2, -0.15) is 0 Å². The first-order valence-corrected chi connectivity index (χ1v) is 9.89. The molecular weight excluding hydrogens is 320 g/mol. The van der Waals surface area contributed by atoms with E-state index < -0.39 is 0 Å². The summed E-state index contributed by atoms with van der Waals surface area (Å²) in [6.07, 6.45) is 5.75. The number of aromatic nitrogens is 1. The van der Waals surface area contributed by atoms with Gasteiger partial charge < -0.3 is 0 Å². The van der Waals surface area contributed by atoms with Crippen LogP contribution in [0.5, 0.6) is 0 Å². The van der Waals surface area contributed by atoms with Crippen molar-refractivity contribution in [2.75, 3.05) is 0 Å². The number of fused-ring (bicyclic) bond motifs is 2. The molecule has 3 heterocycles. The van der Waals surface area contributed by atoms with Crippen LogP contribution in [0.15, 0.2) is 42.5 Å². The van der Waals surface area contributed by atoms with Gasteiger partial charge >= 0.3 is 0 Å². The zero-order valence-corrected chi connectivity index (χ0v) is 15.8. The molecule has 2 atom stereocenters. The number of hydrogen-bond donors (Lipinski definition) is 0. The van der Waals surface area contributed by atoms with Gasteiger partial charge in [0.1, 0.15) is 0 Å². The molecule has 26 heavy (non-hydrogen) atoms. The van der Waals surface area contributed by atoms with Gasteiger partial charge in [-0.05, 0) is 57.2 Å². The van der Waals surface area contributed by atoms with Gasteiger partial charge in [0.05, 0.1) is 0 Å². The summed E-state index contributed by atoms with van der Waals surface area (Å²) < 4.78 is 0. The molecule has 0 aliphatic carbocycles. The number of rotatable bonds is 4. The number of carbonyl (C=O) groups excluding carboxylic acids is 1. The van der Waals surface area contributed by atoms with Crippen LogP contribution in [0.2, 0.25) is 0 Å². The van der Waals surface area contributed by atoms with Crippen molar-refractivity contribution in [3.8, 4) is 0 Å². The topological polar surface area (TPSA) is 33.2 Å². The molecule has 3 heteroatoms. The van der Waals surface area contributed by atoms with Crippen molar-refractivity contribution in [2.45, 2.75) is 64.6 Å². The maximum absolute atomic E-state index is 13.2. The molecule has 2 unspecified atom stereocenters. The van der Waals surface area contributed by atoms with Gasteiger partial charge in [0, 0.05) is 41.5 Å². The van der Waals surface area contributed by atoms with E-state index >= 15 is 0 Å². The molecule has 1 aromatic heterocycles. The predicted octanol–water partition coefficient (Wildman–Crippen LogP) is 4.71. The van der Waals surface area contributed by atoms with Crippen molar-refractivity contribution in [3.05, 3.63) is 65.0 Å². The highest BCUT2D eigenvalue weighted by Crippen LogP contribution is 2.39. The molecule has 2 saturated heterocycles. The number of benzene rings is 1. The zero-order valence-electron chi connectivity index (χ0n) is 15.8. The lowest BCUT2D eigenvalue weighted by molar-refractivity contribution is 0.00905. The Morgan fingerprint density at radius 1 is 1.04 bits per heavy atom. The molecule has 2 bridgehead atoms. The Morgan fingerprint density at radius 3 is 2.27 bits per heavy atom. The van der Waals surface area contributed by atoms with E-state index in [9.17, 15) is 4.79 Å². The maximum atomic E-state index is 13.2. The van der Waals surface area contributed by atoms with E-state index in [0.717, 1.165) is 36.3 Å². The fourth-order valence-corrected chi connectivity index (χ4v) is 4.96. The highest BCUT2D eigenvalue weighted by molar-refractivity contribution is 5.98. The number of Topliss-reactive ketones (excluding diaryl/α,β-unsaturated/α-hetero) is 1. The van der Waals surface area contributed by atoms with Crippen molar-refractivity contribution in [1.82, 2.24) is 9.88 Å². The highest BCUT2D eigenvalue weighted by Gasteiger charge is 2.40. The van der Waals surface area contributed by atoms with Gasteiger partial charge in [-0.15, -0.1) is 0 Å². The molecule has 136 valence electrons. The van der Waals surface area contributed by atoms with Crippen molar-refractivity contribution < 1.29 is 4.79 Å². The third-order valence-corrected chi connectivity index (χ3v) is 6.07. The van der Waals surface area contributed by atoms with Gasteiger partial charge in [0.15, 0.2) is 5.78 Å². The second-order valence-corrected chi connectivity index (χ2v) is 8.07. The van der Waals surface area contributed by atoms with Crippen molar-refractivity contribution in [2.24, 2.45) is 5.92 Å². The van der Waals surface area contributed by atoms with E-state index in [1.807, 2.05) is 26.0 Å². The van der Waals surface area contributed by atoms with E-state index in [1.165, 1.54) is 24.8 Å². The Bertz CT molecular complexity index is 752. The molecule has 2 aliphatic heterocycles. The fourth-order valence-electron chi connectivity index (χ4n) is 4.96. The summed E-state index contributed by atoms with van der Waals surface area (Å²) in [4.78, 5) is 20.2. The summed E-state index contributed by atoms with van der Waals surface area (Å²) in [6.45, 7) is 4.96. The third kappa shape index (κ3) is 3.59. The number of carbonyl (C=O) groups is 1. The molecule has 0 radical (unpaired) electrons. The summed E-state index contributed by atoms with van der Waals surface area (Å²) in [5, 5.41) is 0. The van der Waals surface area contributed by atoms with E-state index in [-0.39, 0.29) is 5.92 Å². The Kier molecular flexibility index (Phi) is 4.90. The maximum Gasteiger partial charge on any atom is 0.166 e. The first-order valence-electron chi connectivity index (χ1n) is 9.89. The first-order chi connectivity index (χ1) is 12.6. The number of piperidine rings is 2. The molecule has 4 rings (SSSR count). The quantitative estimate of drug-likeness (QED) is 0.750. The second-order valence-electron chi connectivity index (χ2n) is 8.07. The van der Waals surface area contributed by atoms with Crippen LogP contribution in [-0.4, -0.2) is 27.8 Å².